The van der Waals surface area contributed by atoms with Crippen LogP contribution >= 0.6 is 11.6 Å². The molecule has 0 aliphatic carbocycles. The Morgan fingerprint density at radius 1 is 1.55 bits per heavy atom. The van der Waals surface area contributed by atoms with Crippen LogP contribution in [-0.4, -0.2) is 43.6 Å². The summed E-state index contributed by atoms with van der Waals surface area (Å²) in [7, 11) is 0. The molecule has 1 aromatic rings. The molecule has 1 aromatic carbocycles. The van der Waals surface area contributed by atoms with Gasteiger partial charge < -0.3 is 19.9 Å². The Balaban J connectivity index is 1.63. The third-order valence-corrected chi connectivity index (χ3v) is 3.77. The summed E-state index contributed by atoms with van der Waals surface area (Å²) in [6.45, 7) is 4.34. The van der Waals surface area contributed by atoms with Gasteiger partial charge in [-0.25, -0.2) is 0 Å². The van der Waals surface area contributed by atoms with Crippen molar-refractivity contribution in [1.82, 2.24) is 5.32 Å². The van der Waals surface area contributed by atoms with Crippen LogP contribution in [0.15, 0.2) is 18.2 Å². The second kappa shape index (κ2) is 7.84. The maximum absolute atomic E-state index is 9.85. The van der Waals surface area contributed by atoms with Crippen molar-refractivity contribution < 1.29 is 14.6 Å². The highest BCUT2D eigenvalue weighted by molar-refractivity contribution is 6.31. The van der Waals surface area contributed by atoms with Gasteiger partial charge in [-0.2, -0.15) is 0 Å². The lowest BCUT2D eigenvalue weighted by Crippen LogP contribution is -2.35. The fourth-order valence-electron chi connectivity index (χ4n) is 2.17. The number of hydrogen-bond donors (Lipinski definition) is 2. The van der Waals surface area contributed by atoms with Gasteiger partial charge in [-0.05, 0) is 43.5 Å². The van der Waals surface area contributed by atoms with Crippen molar-refractivity contribution in [2.75, 3.05) is 26.3 Å². The minimum absolute atomic E-state index is 0.263. The van der Waals surface area contributed by atoms with E-state index in [1.165, 1.54) is 0 Å². The van der Waals surface area contributed by atoms with Crippen LogP contribution in [0.1, 0.15) is 18.4 Å². The van der Waals surface area contributed by atoms with E-state index in [0.717, 1.165) is 42.3 Å². The second-order valence-corrected chi connectivity index (χ2v) is 5.58. The molecule has 0 radical (unpaired) electrons. The predicted molar refractivity (Wildman–Crippen MR) is 79.5 cm³/mol. The Morgan fingerprint density at radius 3 is 3.10 bits per heavy atom. The van der Waals surface area contributed by atoms with Crippen molar-refractivity contribution in [1.29, 1.82) is 0 Å². The number of nitrogens with one attached hydrogen (secondary N) is 1. The van der Waals surface area contributed by atoms with Crippen LogP contribution in [0, 0.1) is 6.92 Å². The van der Waals surface area contributed by atoms with E-state index in [2.05, 4.69) is 5.32 Å². The number of halogens is 1. The van der Waals surface area contributed by atoms with Gasteiger partial charge in [0.15, 0.2) is 0 Å². The van der Waals surface area contributed by atoms with Crippen LogP contribution < -0.4 is 10.1 Å². The molecule has 4 nitrogen and oxygen atoms in total. The largest absolute Gasteiger partial charge is 0.491 e. The molecular weight excluding hydrogens is 278 g/mol. The molecule has 0 spiro atoms. The molecule has 1 heterocycles. The van der Waals surface area contributed by atoms with Crippen LogP contribution in [-0.2, 0) is 4.74 Å². The van der Waals surface area contributed by atoms with Crippen molar-refractivity contribution in [2.45, 2.75) is 32.0 Å². The average Bonchev–Trinajstić information content (AvgIpc) is 2.93. The van der Waals surface area contributed by atoms with Crippen molar-refractivity contribution in [3.63, 3.8) is 0 Å². The van der Waals surface area contributed by atoms with E-state index in [1.807, 2.05) is 19.1 Å². The molecule has 2 N–H and O–H groups in total. The fraction of sp³-hybridized carbons (Fsp3) is 0.600. The summed E-state index contributed by atoms with van der Waals surface area (Å²) in [5.41, 5.74) is 0.968. The monoisotopic (exact) mass is 299 g/mol. The molecule has 0 aromatic heterocycles. The number of hydrogen-bond acceptors (Lipinski definition) is 4. The van der Waals surface area contributed by atoms with Gasteiger partial charge in [-0.1, -0.05) is 11.6 Å². The standard InChI is InChI=1S/C15H22ClNO3/c1-11-7-13(4-5-15(11)16)20-10-12(18)8-17-9-14-3-2-6-19-14/h4-5,7,12,14,17-18H,2-3,6,8-10H2,1H3. The lowest BCUT2D eigenvalue weighted by molar-refractivity contribution is 0.0881. The van der Waals surface area contributed by atoms with Crippen LogP contribution in [0.2, 0.25) is 5.02 Å². The minimum Gasteiger partial charge on any atom is -0.491 e. The molecule has 20 heavy (non-hydrogen) atoms. The summed E-state index contributed by atoms with van der Waals surface area (Å²) < 4.78 is 11.0. The molecule has 1 aliphatic heterocycles. The molecule has 1 aliphatic rings. The van der Waals surface area contributed by atoms with E-state index in [4.69, 9.17) is 21.1 Å². The Bertz CT molecular complexity index is 422. The Kier molecular flexibility index (Phi) is 6.10. The zero-order valence-electron chi connectivity index (χ0n) is 11.8. The van der Waals surface area contributed by atoms with Crippen molar-refractivity contribution in [2.24, 2.45) is 0 Å². The van der Waals surface area contributed by atoms with Gasteiger partial charge in [-0.3, -0.25) is 0 Å². The number of aliphatic hydroxyl groups is 1. The van der Waals surface area contributed by atoms with Crippen LogP contribution in [0.4, 0.5) is 0 Å². The van der Waals surface area contributed by atoms with Gasteiger partial charge in [-0.15, -0.1) is 0 Å². The molecule has 2 rings (SSSR count). The maximum atomic E-state index is 9.85. The zero-order chi connectivity index (χ0) is 14.4. The van der Waals surface area contributed by atoms with Crippen molar-refractivity contribution in [3.8, 4) is 5.75 Å². The first kappa shape index (κ1) is 15.6. The van der Waals surface area contributed by atoms with Gasteiger partial charge in [0, 0.05) is 24.7 Å². The molecule has 0 bridgehead atoms. The first-order valence-corrected chi connectivity index (χ1v) is 7.42. The third kappa shape index (κ3) is 4.94. The van der Waals surface area contributed by atoms with Gasteiger partial charge in [0.05, 0.1) is 6.10 Å². The molecule has 5 heteroatoms. The van der Waals surface area contributed by atoms with E-state index >= 15 is 0 Å². The van der Waals surface area contributed by atoms with E-state index in [-0.39, 0.29) is 6.61 Å². The quantitative estimate of drug-likeness (QED) is 0.810. The van der Waals surface area contributed by atoms with Gasteiger partial charge >= 0.3 is 0 Å². The summed E-state index contributed by atoms with van der Waals surface area (Å²) in [5.74, 6) is 0.727. The SMILES string of the molecule is Cc1cc(OCC(O)CNCC2CCCO2)ccc1Cl. The molecule has 0 saturated carbocycles. The van der Waals surface area contributed by atoms with Crippen molar-refractivity contribution in [3.05, 3.63) is 28.8 Å². The fourth-order valence-corrected chi connectivity index (χ4v) is 2.29. The summed E-state index contributed by atoms with van der Waals surface area (Å²) in [6.07, 6.45) is 1.99. The number of aryl methyl sites for hydroxylation is 1. The maximum Gasteiger partial charge on any atom is 0.119 e. The topological polar surface area (TPSA) is 50.7 Å². The lowest BCUT2D eigenvalue weighted by atomic mass is 10.2. The molecule has 2 atom stereocenters. The van der Waals surface area contributed by atoms with E-state index < -0.39 is 6.10 Å². The average molecular weight is 300 g/mol. The molecule has 1 saturated heterocycles. The summed E-state index contributed by atoms with van der Waals surface area (Å²) in [4.78, 5) is 0. The molecule has 2 unspecified atom stereocenters. The number of aliphatic hydroxyl groups excluding tert-OH is 1. The summed E-state index contributed by atoms with van der Waals surface area (Å²) >= 11 is 5.95. The molecule has 1 fully saturated rings. The van der Waals surface area contributed by atoms with E-state index in [0.29, 0.717) is 12.6 Å². The first-order chi connectivity index (χ1) is 9.65. The molecule has 0 amide bonds. The van der Waals surface area contributed by atoms with Gasteiger partial charge in [0.2, 0.25) is 0 Å². The summed E-state index contributed by atoms with van der Waals surface area (Å²) in [5, 5.41) is 13.8. The van der Waals surface area contributed by atoms with Crippen LogP contribution in [0.5, 0.6) is 5.75 Å². The summed E-state index contributed by atoms with van der Waals surface area (Å²) in [6, 6.07) is 5.48. The number of ether oxygens (including phenoxy) is 2. The lowest BCUT2D eigenvalue weighted by Gasteiger charge is -2.15. The Hall–Kier alpha value is -0.810. The second-order valence-electron chi connectivity index (χ2n) is 5.17. The number of benzene rings is 1. The highest BCUT2D eigenvalue weighted by Crippen LogP contribution is 2.21. The van der Waals surface area contributed by atoms with Gasteiger partial charge in [0.1, 0.15) is 18.5 Å². The Labute approximate surface area is 125 Å². The highest BCUT2D eigenvalue weighted by Gasteiger charge is 2.15. The van der Waals surface area contributed by atoms with Gasteiger partial charge in [0.25, 0.3) is 0 Å². The predicted octanol–water partition coefficient (Wildman–Crippen LogP) is 2.16. The van der Waals surface area contributed by atoms with Crippen molar-refractivity contribution >= 4 is 11.6 Å². The number of rotatable bonds is 7. The van der Waals surface area contributed by atoms with E-state index in [9.17, 15) is 5.11 Å². The first-order valence-electron chi connectivity index (χ1n) is 7.04. The zero-order valence-corrected chi connectivity index (χ0v) is 12.5. The minimum atomic E-state index is -0.535. The van der Waals surface area contributed by atoms with E-state index in [1.54, 1.807) is 6.07 Å². The smallest absolute Gasteiger partial charge is 0.119 e. The third-order valence-electron chi connectivity index (χ3n) is 3.35. The normalized spacial score (nSPS) is 20.1. The highest BCUT2D eigenvalue weighted by atomic mass is 35.5. The van der Waals surface area contributed by atoms with Crippen LogP contribution in [0.25, 0.3) is 0 Å². The molecule has 112 valence electrons. The van der Waals surface area contributed by atoms with Crippen LogP contribution in [0.3, 0.4) is 0 Å². The Morgan fingerprint density at radius 2 is 2.40 bits per heavy atom. The molecular formula is C15H22ClNO3.